The molecule has 0 radical (unpaired) electrons. The van der Waals surface area contributed by atoms with E-state index in [9.17, 15) is 14.4 Å². The molecule has 8 heteroatoms. The van der Waals surface area contributed by atoms with Gasteiger partial charge in [0.05, 0.1) is 0 Å². The van der Waals surface area contributed by atoms with Gasteiger partial charge in [0.15, 0.2) is 0 Å². The van der Waals surface area contributed by atoms with E-state index in [1.54, 1.807) is 0 Å². The Balaban J connectivity index is 0. The van der Waals surface area contributed by atoms with Crippen molar-refractivity contribution in [2.24, 2.45) is 0 Å². The van der Waals surface area contributed by atoms with E-state index in [1.807, 2.05) is 0 Å². The van der Waals surface area contributed by atoms with Crippen molar-refractivity contribution in [3.63, 3.8) is 0 Å². The van der Waals surface area contributed by atoms with Crippen molar-refractivity contribution < 1.29 is 27.7 Å². The molecule has 0 heterocycles. The number of carbonyl (C=O) groups excluding carboxylic acids is 3. The summed E-state index contributed by atoms with van der Waals surface area (Å²) < 4.78 is 13.5. The van der Waals surface area contributed by atoms with Crippen molar-refractivity contribution in [3.8, 4) is 0 Å². The number of carbonyl (C=O) groups is 3. The van der Waals surface area contributed by atoms with Crippen LogP contribution in [0.5, 0.6) is 0 Å². The summed E-state index contributed by atoms with van der Waals surface area (Å²) in [7, 11) is -2.96. The summed E-state index contributed by atoms with van der Waals surface area (Å²) in [6.45, 7) is 3.40. The first-order valence-corrected chi connectivity index (χ1v) is 4.85. The van der Waals surface area contributed by atoms with Gasteiger partial charge in [-0.15, -0.1) is 0 Å². The Morgan fingerprint density at radius 1 is 0.786 bits per heavy atom. The fraction of sp³-hybridized carbons (Fsp3) is 0.500. The van der Waals surface area contributed by atoms with Gasteiger partial charge < -0.3 is 13.3 Å². The summed E-state index contributed by atoms with van der Waals surface area (Å²) in [6.07, 6.45) is 0. The van der Waals surface area contributed by atoms with E-state index in [0.29, 0.717) is 0 Å². The Morgan fingerprint density at radius 2 is 1.00 bits per heavy atom. The van der Waals surface area contributed by atoms with Crippen LogP contribution in [-0.4, -0.2) is 38.4 Å². The number of hydrogen-bond acceptors (Lipinski definition) is 6. The van der Waals surface area contributed by atoms with Crippen LogP contribution in [-0.2, 0) is 27.7 Å². The highest BCUT2D eigenvalue weighted by Crippen LogP contribution is 1.94. The molecule has 0 saturated carbocycles. The van der Waals surface area contributed by atoms with Gasteiger partial charge in [0.2, 0.25) is 0 Å². The van der Waals surface area contributed by atoms with Gasteiger partial charge in [0, 0.05) is 20.8 Å². The topological polar surface area (TPSA) is 78.9 Å². The van der Waals surface area contributed by atoms with E-state index in [-0.39, 0.29) is 11.0 Å². The first-order chi connectivity index (χ1) is 5.91. The van der Waals surface area contributed by atoms with Gasteiger partial charge in [-0.05, 0) is 11.0 Å². The zero-order valence-electron chi connectivity index (χ0n) is 7.53. The van der Waals surface area contributed by atoms with Gasteiger partial charge in [-0.1, -0.05) is 0 Å². The van der Waals surface area contributed by atoms with Gasteiger partial charge in [0.1, 0.15) is 0 Å². The Labute approximate surface area is 87.5 Å². The van der Waals surface area contributed by atoms with E-state index < -0.39 is 27.4 Å². The van der Waals surface area contributed by atoms with Crippen molar-refractivity contribution in [2.45, 2.75) is 20.8 Å². The number of hydrogen-bond donors (Lipinski definition) is 0. The molecule has 0 spiro atoms. The van der Waals surface area contributed by atoms with Crippen LogP contribution in [0.2, 0.25) is 0 Å². The predicted octanol–water partition coefficient (Wildman–Crippen LogP) is -2.06. The Morgan fingerprint density at radius 3 is 1.14 bits per heavy atom. The second kappa shape index (κ2) is 7.27. The SMILES string of the molecule is CC(=O)O[SiH](OC(C)=O)OC(C)=O.[SiH4]. The molecule has 6 nitrogen and oxygen atoms in total. The van der Waals surface area contributed by atoms with Gasteiger partial charge in [-0.25, -0.2) is 0 Å². The molecule has 82 valence electrons. The normalized spacial score (nSPS) is 8.57. The highest BCUT2D eigenvalue weighted by Gasteiger charge is 2.25. The summed E-state index contributed by atoms with van der Waals surface area (Å²) in [5.74, 6) is -1.96. The quantitative estimate of drug-likeness (QED) is 0.526. The maximum absolute atomic E-state index is 10.4. The zero-order valence-corrected chi connectivity index (χ0v) is 8.68. The first-order valence-electron chi connectivity index (χ1n) is 3.43. The van der Waals surface area contributed by atoms with Crippen molar-refractivity contribution in [1.29, 1.82) is 0 Å². The first kappa shape index (κ1) is 15.3. The van der Waals surface area contributed by atoms with Crippen molar-refractivity contribution in [3.05, 3.63) is 0 Å². The molecule has 0 aromatic rings. The molecule has 0 unspecified atom stereocenters. The lowest BCUT2D eigenvalue weighted by molar-refractivity contribution is -0.144. The minimum absolute atomic E-state index is 0. The second-order valence-electron chi connectivity index (χ2n) is 2.12. The predicted molar refractivity (Wildman–Crippen MR) is 53.8 cm³/mol. The summed E-state index contributed by atoms with van der Waals surface area (Å²) in [5, 5.41) is 0. The molecule has 14 heavy (non-hydrogen) atoms. The lowest BCUT2D eigenvalue weighted by Gasteiger charge is -2.12. The lowest BCUT2D eigenvalue weighted by atomic mass is 10.9. The van der Waals surface area contributed by atoms with E-state index in [4.69, 9.17) is 0 Å². The molecule has 0 rings (SSSR count). The fourth-order valence-corrected chi connectivity index (χ4v) is 1.44. The van der Waals surface area contributed by atoms with Gasteiger partial charge >= 0.3 is 9.53 Å². The Kier molecular flexibility index (Phi) is 7.95. The monoisotopic (exact) mass is 238 g/mol. The van der Waals surface area contributed by atoms with E-state index >= 15 is 0 Å². The average molecular weight is 238 g/mol. The molecular formula is C6H14O6Si2. The van der Waals surface area contributed by atoms with Crippen molar-refractivity contribution in [2.75, 3.05) is 0 Å². The standard InChI is InChI=1S/C6H10O6Si.H4Si/c1-4(7)10-13(11-5(2)8)12-6(3)9;/h13H,1-3H3;1H4. The molecular weight excluding hydrogens is 224 g/mol. The van der Waals surface area contributed by atoms with Crippen molar-refractivity contribution in [1.82, 2.24) is 0 Å². The summed E-state index contributed by atoms with van der Waals surface area (Å²) in [4.78, 5) is 31.3. The maximum Gasteiger partial charge on any atom is 0.689 e. The van der Waals surface area contributed by atoms with Crippen LogP contribution in [0.15, 0.2) is 0 Å². The van der Waals surface area contributed by atoms with Gasteiger partial charge in [-0.3, -0.25) is 14.4 Å². The maximum atomic E-state index is 10.4. The molecule has 0 aliphatic rings. The summed E-state index contributed by atoms with van der Waals surface area (Å²) >= 11 is 0. The molecule has 0 N–H and O–H groups in total. The fourth-order valence-electron chi connectivity index (χ4n) is 0.479. The highest BCUT2D eigenvalue weighted by molar-refractivity contribution is 6.43. The summed E-state index contributed by atoms with van der Waals surface area (Å²) in [6, 6.07) is 0. The molecule has 0 aliphatic heterocycles. The van der Waals surface area contributed by atoms with E-state index in [0.717, 1.165) is 20.8 Å². The van der Waals surface area contributed by atoms with Crippen LogP contribution in [0.3, 0.4) is 0 Å². The molecule has 0 aromatic heterocycles. The van der Waals surface area contributed by atoms with E-state index in [2.05, 4.69) is 13.3 Å². The second-order valence-corrected chi connectivity index (χ2v) is 3.40. The smallest absolute Gasteiger partial charge is 0.458 e. The van der Waals surface area contributed by atoms with Gasteiger partial charge in [0.25, 0.3) is 17.9 Å². The molecule has 0 bridgehead atoms. The molecule has 0 saturated heterocycles. The molecule has 0 aromatic carbocycles. The lowest BCUT2D eigenvalue weighted by Crippen LogP contribution is -2.32. The minimum Gasteiger partial charge on any atom is -0.458 e. The third kappa shape index (κ3) is 8.94. The van der Waals surface area contributed by atoms with Crippen LogP contribution in [0, 0.1) is 0 Å². The zero-order chi connectivity index (χ0) is 10.4. The van der Waals surface area contributed by atoms with Crippen molar-refractivity contribution >= 4 is 38.4 Å². The highest BCUT2D eigenvalue weighted by atomic mass is 28.3. The van der Waals surface area contributed by atoms with Crippen LogP contribution < -0.4 is 0 Å². The molecule has 0 fully saturated rings. The number of rotatable bonds is 3. The molecule has 0 amide bonds. The van der Waals surface area contributed by atoms with Crippen LogP contribution in [0.4, 0.5) is 0 Å². The Hall–Kier alpha value is -1.16. The van der Waals surface area contributed by atoms with Crippen LogP contribution >= 0.6 is 0 Å². The van der Waals surface area contributed by atoms with Crippen LogP contribution in [0.25, 0.3) is 0 Å². The third-order valence-electron chi connectivity index (χ3n) is 0.787. The molecule has 0 aliphatic carbocycles. The van der Waals surface area contributed by atoms with Gasteiger partial charge in [-0.2, -0.15) is 0 Å². The Bertz CT molecular complexity index is 190. The average Bonchev–Trinajstić information content (AvgIpc) is 1.80. The van der Waals surface area contributed by atoms with E-state index in [1.165, 1.54) is 0 Å². The summed E-state index contributed by atoms with van der Waals surface area (Å²) in [5.41, 5.74) is 0. The minimum atomic E-state index is -2.96. The largest absolute Gasteiger partial charge is 0.689 e. The third-order valence-corrected chi connectivity index (χ3v) is 2.36. The molecule has 0 atom stereocenters. The van der Waals surface area contributed by atoms with Crippen LogP contribution in [0.1, 0.15) is 20.8 Å².